The van der Waals surface area contributed by atoms with Crippen LogP contribution in [-0.4, -0.2) is 27.9 Å². The Kier molecular flexibility index (Phi) is 5.05. The molecule has 3 rings (SSSR count). The highest BCUT2D eigenvalue weighted by atomic mass is 32.2. The Bertz CT molecular complexity index is 1020. The third-order valence-corrected chi connectivity index (χ3v) is 7.07. The molecule has 0 radical (unpaired) electrons. The van der Waals surface area contributed by atoms with E-state index < -0.39 is 48.2 Å². The molecule has 0 unspecified atom stereocenters. The summed E-state index contributed by atoms with van der Waals surface area (Å²) in [7, 11) is -12.0. The molecular formula is C15H14F6O6S2. The Morgan fingerprint density at radius 2 is 1.21 bits per heavy atom. The molecule has 0 heterocycles. The fraction of sp³-hybridized carbons (Fsp3) is 0.600. The first-order valence-electron chi connectivity index (χ1n) is 8.28. The molecular weight excluding hydrogens is 454 g/mol. The normalized spacial score (nSPS) is 19.4. The van der Waals surface area contributed by atoms with Gasteiger partial charge in [-0.2, -0.15) is 43.2 Å². The predicted octanol–water partition coefficient (Wildman–Crippen LogP) is 3.90. The molecule has 6 nitrogen and oxygen atoms in total. The third kappa shape index (κ3) is 3.76. The number of hydrogen-bond donors (Lipinski definition) is 0. The topological polar surface area (TPSA) is 86.7 Å². The standard InChI is InChI=1S/C15H14F6O6S2/c16-14(17,18)28(22,23)26-10-3-4-11(27-29(24,25)15(19,20)21)12-9(10)5-8-13(12)6-1-2-7-13/h3-4H,1-2,5-8H2. The minimum Gasteiger partial charge on any atom is -0.376 e. The lowest BCUT2D eigenvalue weighted by atomic mass is 9.80. The zero-order chi connectivity index (χ0) is 21.9. The summed E-state index contributed by atoms with van der Waals surface area (Å²) in [5.74, 6) is -1.40. The van der Waals surface area contributed by atoms with Crippen molar-refractivity contribution in [3.8, 4) is 11.5 Å². The molecule has 0 N–H and O–H groups in total. The molecule has 0 aliphatic heterocycles. The number of rotatable bonds is 4. The van der Waals surface area contributed by atoms with Gasteiger partial charge < -0.3 is 8.37 Å². The van der Waals surface area contributed by atoms with Crippen LogP contribution in [0.4, 0.5) is 26.3 Å². The van der Waals surface area contributed by atoms with Gasteiger partial charge in [-0.1, -0.05) is 12.8 Å². The summed E-state index contributed by atoms with van der Waals surface area (Å²) < 4.78 is 130. The minimum absolute atomic E-state index is 0.00130. The molecule has 2 aliphatic carbocycles. The van der Waals surface area contributed by atoms with Crippen molar-refractivity contribution in [1.82, 2.24) is 0 Å². The SMILES string of the molecule is O=S(=O)(Oc1ccc(OS(=O)(=O)C(F)(F)F)c2c1CCC21CCCC1)C(F)(F)F. The molecule has 1 aromatic rings. The van der Waals surface area contributed by atoms with Crippen LogP contribution in [0.3, 0.4) is 0 Å². The van der Waals surface area contributed by atoms with Crippen molar-refractivity contribution in [2.75, 3.05) is 0 Å². The van der Waals surface area contributed by atoms with E-state index in [1.807, 2.05) is 0 Å². The lowest BCUT2D eigenvalue weighted by molar-refractivity contribution is -0.0506. The van der Waals surface area contributed by atoms with Gasteiger partial charge in [-0.25, -0.2) is 0 Å². The maximum Gasteiger partial charge on any atom is 0.534 e. The number of benzene rings is 1. The van der Waals surface area contributed by atoms with E-state index in [0.29, 0.717) is 37.8 Å². The first-order valence-corrected chi connectivity index (χ1v) is 11.1. The van der Waals surface area contributed by atoms with E-state index in [9.17, 15) is 43.2 Å². The molecule has 1 fully saturated rings. The van der Waals surface area contributed by atoms with Crippen LogP contribution in [0.25, 0.3) is 0 Å². The monoisotopic (exact) mass is 468 g/mol. The van der Waals surface area contributed by atoms with Gasteiger partial charge in [0.2, 0.25) is 0 Å². The highest BCUT2D eigenvalue weighted by Crippen LogP contribution is 2.56. The van der Waals surface area contributed by atoms with E-state index >= 15 is 0 Å². The van der Waals surface area contributed by atoms with Crippen molar-refractivity contribution >= 4 is 20.2 Å². The van der Waals surface area contributed by atoms with E-state index in [2.05, 4.69) is 8.37 Å². The first-order chi connectivity index (χ1) is 13.1. The van der Waals surface area contributed by atoms with Gasteiger partial charge in [-0.3, -0.25) is 0 Å². The second-order valence-corrected chi connectivity index (χ2v) is 9.94. The fourth-order valence-electron chi connectivity index (χ4n) is 3.96. The Labute approximate surface area is 162 Å². The Morgan fingerprint density at radius 3 is 1.69 bits per heavy atom. The van der Waals surface area contributed by atoms with Crippen molar-refractivity contribution in [3.05, 3.63) is 23.3 Å². The van der Waals surface area contributed by atoms with E-state index in [0.717, 1.165) is 0 Å². The van der Waals surface area contributed by atoms with Gasteiger partial charge in [-0.15, -0.1) is 0 Å². The van der Waals surface area contributed by atoms with Gasteiger partial charge in [0, 0.05) is 11.1 Å². The molecule has 1 saturated carbocycles. The summed E-state index contributed by atoms with van der Waals surface area (Å²) in [6, 6.07) is 1.35. The number of hydrogen-bond acceptors (Lipinski definition) is 6. The number of alkyl halides is 6. The summed E-state index contributed by atoms with van der Waals surface area (Å²) in [5, 5.41) is 0. The predicted molar refractivity (Wildman–Crippen MR) is 86.1 cm³/mol. The van der Waals surface area contributed by atoms with Gasteiger partial charge in [0.25, 0.3) is 0 Å². The highest BCUT2D eigenvalue weighted by molar-refractivity contribution is 7.88. The summed E-state index contributed by atoms with van der Waals surface area (Å²) in [5.41, 5.74) is -12.4. The van der Waals surface area contributed by atoms with Crippen LogP contribution >= 0.6 is 0 Å². The molecule has 1 spiro atoms. The third-order valence-electron chi connectivity index (χ3n) is 5.14. The summed E-state index contributed by atoms with van der Waals surface area (Å²) in [6.07, 6.45) is 2.50. The zero-order valence-corrected chi connectivity index (χ0v) is 16.1. The lowest BCUT2D eigenvalue weighted by Gasteiger charge is -2.27. The number of halogens is 6. The van der Waals surface area contributed by atoms with Crippen molar-refractivity contribution < 1.29 is 51.5 Å². The molecule has 2 aliphatic rings. The van der Waals surface area contributed by atoms with E-state index in [4.69, 9.17) is 0 Å². The van der Waals surface area contributed by atoms with Gasteiger partial charge in [-0.05, 0) is 43.2 Å². The molecule has 14 heteroatoms. The first kappa shape index (κ1) is 22.0. The van der Waals surface area contributed by atoms with Crippen molar-refractivity contribution in [3.63, 3.8) is 0 Å². The molecule has 0 saturated heterocycles. The van der Waals surface area contributed by atoms with Crippen LogP contribution in [0.15, 0.2) is 12.1 Å². The van der Waals surface area contributed by atoms with Crippen molar-refractivity contribution in [1.29, 1.82) is 0 Å². The zero-order valence-electron chi connectivity index (χ0n) is 14.4. The Morgan fingerprint density at radius 1 is 0.759 bits per heavy atom. The van der Waals surface area contributed by atoms with Crippen molar-refractivity contribution in [2.45, 2.75) is 55.0 Å². The average Bonchev–Trinajstić information content (AvgIpc) is 3.16. The minimum atomic E-state index is -6.03. The molecule has 0 amide bonds. The van der Waals surface area contributed by atoms with Crippen LogP contribution in [0.5, 0.6) is 11.5 Å². The second kappa shape index (κ2) is 6.65. The van der Waals surface area contributed by atoms with E-state index in [1.54, 1.807) is 0 Å². The molecule has 0 atom stereocenters. The molecule has 1 aromatic carbocycles. The fourth-order valence-corrected chi connectivity index (χ4v) is 4.91. The van der Waals surface area contributed by atoms with Crippen LogP contribution in [-0.2, 0) is 32.1 Å². The Balaban J connectivity index is 2.13. The average molecular weight is 468 g/mol. The van der Waals surface area contributed by atoms with Gasteiger partial charge in [0.1, 0.15) is 11.5 Å². The quantitative estimate of drug-likeness (QED) is 0.379. The van der Waals surface area contributed by atoms with Crippen LogP contribution < -0.4 is 8.37 Å². The second-order valence-electron chi connectivity index (χ2n) is 6.87. The molecule has 0 bridgehead atoms. The van der Waals surface area contributed by atoms with Gasteiger partial charge in [0.05, 0.1) is 0 Å². The van der Waals surface area contributed by atoms with Crippen molar-refractivity contribution in [2.24, 2.45) is 0 Å². The van der Waals surface area contributed by atoms with Crippen LogP contribution in [0.1, 0.15) is 43.2 Å². The summed E-state index contributed by atoms with van der Waals surface area (Å²) >= 11 is 0. The maximum absolute atomic E-state index is 12.7. The molecule has 164 valence electrons. The summed E-state index contributed by atoms with van der Waals surface area (Å²) in [6.45, 7) is 0. The molecule has 29 heavy (non-hydrogen) atoms. The molecule has 0 aromatic heterocycles. The maximum atomic E-state index is 12.7. The highest BCUT2D eigenvalue weighted by Gasteiger charge is 2.52. The summed E-state index contributed by atoms with van der Waals surface area (Å²) in [4.78, 5) is 0. The van der Waals surface area contributed by atoms with Crippen LogP contribution in [0, 0.1) is 0 Å². The van der Waals surface area contributed by atoms with E-state index in [-0.39, 0.29) is 24.0 Å². The van der Waals surface area contributed by atoms with Gasteiger partial charge >= 0.3 is 31.3 Å². The van der Waals surface area contributed by atoms with E-state index in [1.165, 1.54) is 0 Å². The lowest BCUT2D eigenvalue weighted by Crippen LogP contribution is -2.30. The Hall–Kier alpha value is -1.70. The largest absolute Gasteiger partial charge is 0.534 e. The van der Waals surface area contributed by atoms with Crippen LogP contribution in [0.2, 0.25) is 0 Å². The number of fused-ring (bicyclic) bond motifs is 2. The van der Waals surface area contributed by atoms with Gasteiger partial charge in [0.15, 0.2) is 0 Å². The smallest absolute Gasteiger partial charge is 0.376 e.